The predicted molar refractivity (Wildman–Crippen MR) is 62.9 cm³/mol. The summed E-state index contributed by atoms with van der Waals surface area (Å²) < 4.78 is 10.0. The molecule has 9 heteroatoms. The van der Waals surface area contributed by atoms with Gasteiger partial charge in [0, 0.05) is 44.4 Å². The van der Waals surface area contributed by atoms with Crippen LogP contribution in [0.4, 0.5) is 0 Å². The minimum Gasteiger partial charge on any atom is -0.319 e. The van der Waals surface area contributed by atoms with Gasteiger partial charge in [-0.1, -0.05) is 0 Å². The molecule has 1 heterocycles. The summed E-state index contributed by atoms with van der Waals surface area (Å²) in [6.07, 6.45) is -0.243. The fourth-order valence-corrected chi connectivity index (χ4v) is 3.51. The average molecular weight is 291 g/mol. The first-order valence-corrected chi connectivity index (χ1v) is 6.74. The average Bonchev–Trinajstić information content (AvgIpc) is 2.56. The number of imide groups is 1. The number of carbonyl (C=O) groups is 5. The van der Waals surface area contributed by atoms with Crippen molar-refractivity contribution in [2.75, 3.05) is 0 Å². The van der Waals surface area contributed by atoms with Crippen molar-refractivity contribution in [3.63, 3.8) is 0 Å². The number of amides is 2. The number of hydrogen-bond donors (Lipinski definition) is 0. The Morgan fingerprint density at radius 1 is 0.947 bits per heavy atom. The lowest BCUT2D eigenvalue weighted by Gasteiger charge is -2.42. The highest BCUT2D eigenvalue weighted by Crippen LogP contribution is 2.56. The van der Waals surface area contributed by atoms with Gasteiger partial charge in [-0.05, 0) is 0 Å². The highest BCUT2D eigenvalue weighted by atomic mass is 32.3. The zero-order chi connectivity index (χ0) is 14.8. The molecule has 8 nitrogen and oxygen atoms in total. The molecule has 0 aromatic carbocycles. The second-order valence-electron chi connectivity index (χ2n) is 3.70. The van der Waals surface area contributed by atoms with Crippen molar-refractivity contribution >= 4 is 39.6 Å². The molecule has 1 aliphatic rings. The van der Waals surface area contributed by atoms with E-state index in [-0.39, 0.29) is 12.8 Å². The Morgan fingerprint density at radius 3 is 1.58 bits per heavy atom. The van der Waals surface area contributed by atoms with E-state index >= 15 is 0 Å². The first-order valence-electron chi connectivity index (χ1n) is 5.30. The summed E-state index contributed by atoms with van der Waals surface area (Å²) in [6, 6.07) is 0. The Kier molecular flexibility index (Phi) is 4.30. The first-order chi connectivity index (χ1) is 8.70. The molecule has 0 aromatic rings. The molecule has 0 bridgehead atoms. The van der Waals surface area contributed by atoms with Crippen LogP contribution < -0.4 is 0 Å². The SMILES string of the molecule is CC(=O)OS(OC(C)=O)(C(C)=O)N1C(=O)CCC1=O. The maximum atomic E-state index is 11.8. The zero-order valence-electron chi connectivity index (χ0n) is 10.6. The predicted octanol–water partition coefficient (Wildman–Crippen LogP) is 0.358. The van der Waals surface area contributed by atoms with Crippen LogP contribution in [-0.2, 0) is 32.3 Å². The third-order valence-corrected chi connectivity index (χ3v) is 4.61. The van der Waals surface area contributed by atoms with Gasteiger partial charge in [-0.25, -0.2) is 0 Å². The number of carbonyl (C=O) groups excluding carboxylic acids is 5. The van der Waals surface area contributed by atoms with Crippen molar-refractivity contribution in [1.29, 1.82) is 0 Å². The Balaban J connectivity index is 3.32. The van der Waals surface area contributed by atoms with Gasteiger partial charge in [0.2, 0.25) is 11.8 Å². The van der Waals surface area contributed by atoms with E-state index in [0.29, 0.717) is 4.31 Å². The molecule has 0 spiro atoms. The van der Waals surface area contributed by atoms with Gasteiger partial charge >= 0.3 is 11.9 Å². The fourth-order valence-electron chi connectivity index (χ4n) is 1.48. The van der Waals surface area contributed by atoms with Gasteiger partial charge < -0.3 is 8.37 Å². The summed E-state index contributed by atoms with van der Waals surface area (Å²) in [5.74, 6) is -3.28. The summed E-state index contributed by atoms with van der Waals surface area (Å²) in [5.41, 5.74) is 0. The van der Waals surface area contributed by atoms with E-state index in [1.807, 2.05) is 0 Å². The summed E-state index contributed by atoms with van der Waals surface area (Å²) in [6.45, 7) is 2.96. The quantitative estimate of drug-likeness (QED) is 0.642. The van der Waals surface area contributed by atoms with E-state index in [4.69, 9.17) is 8.37 Å². The smallest absolute Gasteiger partial charge is 0.319 e. The van der Waals surface area contributed by atoms with Crippen molar-refractivity contribution < 1.29 is 32.3 Å². The molecule has 1 fully saturated rings. The van der Waals surface area contributed by atoms with Crippen LogP contribution in [0.5, 0.6) is 0 Å². The molecular formula is C10H13NO7S. The van der Waals surface area contributed by atoms with E-state index in [0.717, 1.165) is 20.8 Å². The highest BCUT2D eigenvalue weighted by Gasteiger charge is 2.48. The lowest BCUT2D eigenvalue weighted by Crippen LogP contribution is -2.40. The van der Waals surface area contributed by atoms with Gasteiger partial charge in [0.25, 0.3) is 5.12 Å². The molecule has 0 saturated carbocycles. The molecule has 0 unspecified atom stereocenters. The molecule has 1 saturated heterocycles. The third-order valence-electron chi connectivity index (χ3n) is 2.07. The van der Waals surface area contributed by atoms with Crippen LogP contribution in [0.15, 0.2) is 0 Å². The van der Waals surface area contributed by atoms with Crippen LogP contribution in [0.2, 0.25) is 0 Å². The highest BCUT2D eigenvalue weighted by molar-refractivity contribution is 8.37. The Hall–Kier alpha value is -1.90. The van der Waals surface area contributed by atoms with E-state index in [1.165, 1.54) is 0 Å². The van der Waals surface area contributed by atoms with Crippen LogP contribution in [0, 0.1) is 0 Å². The van der Waals surface area contributed by atoms with Crippen molar-refractivity contribution in [1.82, 2.24) is 4.31 Å². The minimum absolute atomic E-state index is 0.122. The van der Waals surface area contributed by atoms with Crippen LogP contribution in [0.1, 0.15) is 33.6 Å². The molecule has 0 atom stereocenters. The van der Waals surface area contributed by atoms with Crippen LogP contribution in [-0.4, -0.2) is 33.2 Å². The maximum Gasteiger partial charge on any atom is 0.328 e. The minimum atomic E-state index is -3.69. The standard InChI is InChI=1S/C10H13NO7S/c1-6(12)17-19(8(3)14,18-7(2)13)11-9(15)4-5-10(11)16/h4-5H2,1-3H3. The van der Waals surface area contributed by atoms with Gasteiger partial charge in [0.15, 0.2) is 0 Å². The van der Waals surface area contributed by atoms with Crippen molar-refractivity contribution in [3.05, 3.63) is 0 Å². The largest absolute Gasteiger partial charge is 0.328 e. The molecule has 19 heavy (non-hydrogen) atoms. The molecular weight excluding hydrogens is 278 g/mol. The lowest BCUT2D eigenvalue weighted by molar-refractivity contribution is -0.139. The van der Waals surface area contributed by atoms with Crippen LogP contribution in [0.25, 0.3) is 0 Å². The van der Waals surface area contributed by atoms with Crippen molar-refractivity contribution in [3.8, 4) is 0 Å². The summed E-state index contributed by atoms with van der Waals surface area (Å²) >= 11 is 0. The van der Waals surface area contributed by atoms with Gasteiger partial charge in [-0.2, -0.15) is 0 Å². The van der Waals surface area contributed by atoms with Crippen LogP contribution >= 0.6 is 10.8 Å². The zero-order valence-corrected chi connectivity index (χ0v) is 11.4. The fraction of sp³-hybridized carbons (Fsp3) is 0.500. The molecule has 2 amide bonds. The normalized spacial score (nSPS) is 16.3. The summed E-state index contributed by atoms with van der Waals surface area (Å²) in [7, 11) is -3.69. The lowest BCUT2D eigenvalue weighted by atomic mass is 10.4. The van der Waals surface area contributed by atoms with Gasteiger partial charge in [0.1, 0.15) is 0 Å². The molecule has 0 aromatic heterocycles. The van der Waals surface area contributed by atoms with E-state index in [1.54, 1.807) is 0 Å². The molecule has 1 rings (SSSR count). The monoisotopic (exact) mass is 291 g/mol. The Bertz CT molecular complexity index is 440. The van der Waals surface area contributed by atoms with E-state index in [9.17, 15) is 24.0 Å². The van der Waals surface area contributed by atoms with Gasteiger partial charge in [0.05, 0.1) is 0 Å². The Labute approximate surface area is 110 Å². The maximum absolute atomic E-state index is 11.8. The number of rotatable bonds is 1. The summed E-state index contributed by atoms with van der Waals surface area (Å²) in [5, 5.41) is -0.874. The van der Waals surface area contributed by atoms with Crippen molar-refractivity contribution in [2.24, 2.45) is 0 Å². The first kappa shape index (κ1) is 15.2. The topological polar surface area (TPSA) is 107 Å². The van der Waals surface area contributed by atoms with Gasteiger partial charge in [-0.15, -0.1) is 4.31 Å². The molecule has 0 N–H and O–H groups in total. The molecule has 0 aliphatic carbocycles. The van der Waals surface area contributed by atoms with Gasteiger partial charge in [-0.3, -0.25) is 24.0 Å². The molecule has 106 valence electrons. The Morgan fingerprint density at radius 2 is 1.32 bits per heavy atom. The molecule has 1 aliphatic heterocycles. The second-order valence-corrected chi connectivity index (χ2v) is 5.92. The van der Waals surface area contributed by atoms with Crippen molar-refractivity contribution in [2.45, 2.75) is 33.6 Å². The second kappa shape index (κ2) is 5.39. The van der Waals surface area contributed by atoms with E-state index in [2.05, 4.69) is 0 Å². The molecule has 0 radical (unpaired) electrons. The van der Waals surface area contributed by atoms with Crippen LogP contribution in [0.3, 0.4) is 0 Å². The summed E-state index contributed by atoms with van der Waals surface area (Å²) in [4.78, 5) is 57.4. The third kappa shape index (κ3) is 2.92. The number of nitrogens with zero attached hydrogens (tertiary/aromatic N) is 1. The van der Waals surface area contributed by atoms with E-state index < -0.39 is 39.6 Å². The number of hydrogen-bond acceptors (Lipinski definition) is 7.